The summed E-state index contributed by atoms with van der Waals surface area (Å²) in [6, 6.07) is 0.717. The molecular weight excluding hydrogens is 208 g/mol. The lowest BCUT2D eigenvalue weighted by Crippen LogP contribution is -2.26. The van der Waals surface area contributed by atoms with E-state index in [0.29, 0.717) is 6.04 Å². The maximum atomic E-state index is 9.01. The lowest BCUT2D eigenvalue weighted by molar-refractivity contribution is 0.285. The van der Waals surface area contributed by atoms with Gasteiger partial charge in [0, 0.05) is 18.8 Å². The van der Waals surface area contributed by atoms with E-state index >= 15 is 0 Å². The average molecular weight is 226 g/mol. The highest BCUT2D eigenvalue weighted by molar-refractivity contribution is 7.15. The van der Waals surface area contributed by atoms with E-state index in [-0.39, 0.29) is 6.61 Å². The summed E-state index contributed by atoms with van der Waals surface area (Å²) in [7, 11) is 0. The van der Waals surface area contributed by atoms with Gasteiger partial charge in [0.2, 0.25) is 0 Å². The topological polar surface area (TPSA) is 36.4 Å². The summed E-state index contributed by atoms with van der Waals surface area (Å²) < 4.78 is 0. The van der Waals surface area contributed by atoms with Crippen LogP contribution in [0.25, 0.3) is 0 Å². The second-order valence-corrected chi connectivity index (χ2v) is 5.14. The van der Waals surface area contributed by atoms with Gasteiger partial charge in [-0.15, -0.1) is 0 Å². The van der Waals surface area contributed by atoms with E-state index < -0.39 is 0 Å². The summed E-state index contributed by atoms with van der Waals surface area (Å²) in [4.78, 5) is 7.76. The molecule has 0 spiro atoms. The standard InChI is InChI=1S/C11H18N2OS/c1-2-3-6-13(9-4-5-9)11-12-7-10(8-14)15-11/h7,9,14H,2-6,8H2,1H3. The summed E-state index contributed by atoms with van der Waals surface area (Å²) in [5, 5.41) is 10.1. The molecule has 15 heavy (non-hydrogen) atoms. The number of aliphatic hydroxyl groups excluding tert-OH is 1. The monoisotopic (exact) mass is 226 g/mol. The van der Waals surface area contributed by atoms with Gasteiger partial charge in [-0.3, -0.25) is 0 Å². The number of anilines is 1. The zero-order valence-electron chi connectivity index (χ0n) is 9.15. The van der Waals surface area contributed by atoms with Crippen molar-refractivity contribution in [1.82, 2.24) is 4.98 Å². The van der Waals surface area contributed by atoms with Crippen molar-refractivity contribution in [2.45, 2.75) is 45.3 Å². The van der Waals surface area contributed by atoms with Crippen molar-refractivity contribution in [3.63, 3.8) is 0 Å². The Balaban J connectivity index is 2.02. The predicted octanol–water partition coefficient (Wildman–Crippen LogP) is 2.40. The summed E-state index contributed by atoms with van der Waals surface area (Å²) in [5.74, 6) is 0. The number of hydrogen-bond donors (Lipinski definition) is 1. The van der Waals surface area contributed by atoms with Crippen LogP contribution in [0.2, 0.25) is 0 Å². The molecule has 1 heterocycles. The molecule has 0 radical (unpaired) electrons. The summed E-state index contributed by atoms with van der Waals surface area (Å²) in [5.41, 5.74) is 0. The van der Waals surface area contributed by atoms with Crippen molar-refractivity contribution < 1.29 is 5.11 Å². The van der Waals surface area contributed by atoms with E-state index in [9.17, 15) is 0 Å². The third kappa shape index (κ3) is 2.69. The van der Waals surface area contributed by atoms with Crippen molar-refractivity contribution in [1.29, 1.82) is 0 Å². The first-order valence-electron chi connectivity index (χ1n) is 5.67. The number of aliphatic hydroxyl groups is 1. The molecule has 4 heteroatoms. The molecule has 0 amide bonds. The van der Waals surface area contributed by atoms with Crippen LogP contribution >= 0.6 is 11.3 Å². The van der Waals surface area contributed by atoms with Gasteiger partial charge in [0.1, 0.15) is 0 Å². The average Bonchev–Trinajstić information content (AvgIpc) is 2.97. The zero-order valence-corrected chi connectivity index (χ0v) is 9.96. The lowest BCUT2D eigenvalue weighted by Gasteiger charge is -2.20. The van der Waals surface area contributed by atoms with Gasteiger partial charge in [-0.05, 0) is 19.3 Å². The molecule has 1 aromatic heterocycles. The van der Waals surface area contributed by atoms with Gasteiger partial charge >= 0.3 is 0 Å². The Bertz CT molecular complexity index is 309. The Hall–Kier alpha value is -0.610. The molecule has 1 aliphatic rings. The minimum absolute atomic E-state index is 0.115. The van der Waals surface area contributed by atoms with E-state index in [0.717, 1.165) is 16.6 Å². The first-order valence-corrected chi connectivity index (χ1v) is 6.49. The molecule has 0 bridgehead atoms. The first-order chi connectivity index (χ1) is 7.35. The van der Waals surface area contributed by atoms with Gasteiger partial charge < -0.3 is 10.0 Å². The molecule has 1 fully saturated rings. The minimum Gasteiger partial charge on any atom is -0.391 e. The SMILES string of the molecule is CCCCN(c1ncc(CO)s1)C1CC1. The number of rotatable bonds is 6. The summed E-state index contributed by atoms with van der Waals surface area (Å²) in [6.07, 6.45) is 6.85. The van der Waals surface area contributed by atoms with Crippen LogP contribution in [0.4, 0.5) is 5.13 Å². The van der Waals surface area contributed by atoms with Gasteiger partial charge in [-0.25, -0.2) is 4.98 Å². The molecule has 2 rings (SSSR count). The van der Waals surface area contributed by atoms with E-state index in [1.165, 1.54) is 25.7 Å². The van der Waals surface area contributed by atoms with E-state index in [2.05, 4.69) is 16.8 Å². The smallest absolute Gasteiger partial charge is 0.185 e. The van der Waals surface area contributed by atoms with Crippen LogP contribution < -0.4 is 4.90 Å². The Morgan fingerprint density at radius 3 is 2.93 bits per heavy atom. The summed E-state index contributed by atoms with van der Waals surface area (Å²) in [6.45, 7) is 3.44. The molecule has 0 aliphatic heterocycles. The third-order valence-electron chi connectivity index (χ3n) is 2.68. The van der Waals surface area contributed by atoms with Crippen molar-refractivity contribution in [3.8, 4) is 0 Å². The van der Waals surface area contributed by atoms with Gasteiger partial charge in [0.15, 0.2) is 5.13 Å². The second kappa shape index (κ2) is 4.94. The second-order valence-electron chi connectivity index (χ2n) is 4.05. The molecule has 84 valence electrons. The van der Waals surface area contributed by atoms with Crippen molar-refractivity contribution in [2.75, 3.05) is 11.4 Å². The number of hydrogen-bond acceptors (Lipinski definition) is 4. The maximum absolute atomic E-state index is 9.01. The predicted molar refractivity (Wildman–Crippen MR) is 63.3 cm³/mol. The fourth-order valence-corrected chi connectivity index (χ4v) is 2.52. The van der Waals surface area contributed by atoms with Gasteiger partial charge in [-0.2, -0.15) is 0 Å². The van der Waals surface area contributed by atoms with E-state index in [4.69, 9.17) is 5.11 Å². The van der Waals surface area contributed by atoms with Crippen LogP contribution in [-0.4, -0.2) is 22.7 Å². The maximum Gasteiger partial charge on any atom is 0.185 e. The van der Waals surface area contributed by atoms with Gasteiger partial charge in [-0.1, -0.05) is 24.7 Å². The van der Waals surface area contributed by atoms with Crippen LogP contribution in [0.1, 0.15) is 37.5 Å². The molecule has 0 aromatic carbocycles. The molecule has 0 atom stereocenters. The molecule has 1 aromatic rings. The van der Waals surface area contributed by atoms with Gasteiger partial charge in [0.05, 0.1) is 11.5 Å². The minimum atomic E-state index is 0.115. The zero-order chi connectivity index (χ0) is 10.7. The van der Waals surface area contributed by atoms with Gasteiger partial charge in [0.25, 0.3) is 0 Å². The highest BCUT2D eigenvalue weighted by Gasteiger charge is 2.30. The highest BCUT2D eigenvalue weighted by Crippen LogP contribution is 2.34. The molecule has 0 unspecified atom stereocenters. The van der Waals surface area contributed by atoms with E-state index in [1.54, 1.807) is 17.5 Å². The van der Waals surface area contributed by atoms with Crippen molar-refractivity contribution >= 4 is 16.5 Å². The van der Waals surface area contributed by atoms with Crippen LogP contribution in [0, 0.1) is 0 Å². The molecule has 3 nitrogen and oxygen atoms in total. The molecular formula is C11H18N2OS. The largest absolute Gasteiger partial charge is 0.391 e. The molecule has 1 N–H and O–H groups in total. The van der Waals surface area contributed by atoms with Crippen LogP contribution in [0.5, 0.6) is 0 Å². The lowest BCUT2D eigenvalue weighted by atomic mass is 10.3. The Kier molecular flexibility index (Phi) is 3.59. The van der Waals surface area contributed by atoms with Crippen LogP contribution in [-0.2, 0) is 6.61 Å². The fraction of sp³-hybridized carbons (Fsp3) is 0.727. The Labute approximate surface area is 94.8 Å². The highest BCUT2D eigenvalue weighted by atomic mass is 32.1. The van der Waals surface area contributed by atoms with Crippen LogP contribution in [0.3, 0.4) is 0 Å². The molecule has 0 saturated heterocycles. The third-order valence-corrected chi connectivity index (χ3v) is 3.70. The Morgan fingerprint density at radius 1 is 1.60 bits per heavy atom. The number of thiazole rings is 1. The number of aromatic nitrogens is 1. The normalized spacial score (nSPS) is 15.6. The fourth-order valence-electron chi connectivity index (χ4n) is 1.65. The summed E-state index contributed by atoms with van der Waals surface area (Å²) >= 11 is 1.62. The van der Waals surface area contributed by atoms with Crippen molar-refractivity contribution in [3.05, 3.63) is 11.1 Å². The van der Waals surface area contributed by atoms with Crippen LogP contribution in [0.15, 0.2) is 6.20 Å². The quantitative estimate of drug-likeness (QED) is 0.809. The molecule has 1 saturated carbocycles. The first kappa shape index (κ1) is 10.9. The number of nitrogens with zero attached hydrogens (tertiary/aromatic N) is 2. The Morgan fingerprint density at radius 2 is 2.40 bits per heavy atom. The van der Waals surface area contributed by atoms with E-state index in [1.807, 2.05) is 0 Å². The molecule has 1 aliphatic carbocycles. The van der Waals surface area contributed by atoms with Crippen molar-refractivity contribution in [2.24, 2.45) is 0 Å². The number of unbranched alkanes of at least 4 members (excludes halogenated alkanes) is 1.